The molecule has 0 bridgehead atoms. The van der Waals surface area contributed by atoms with Crippen LogP contribution in [0.4, 0.5) is 0 Å². The van der Waals surface area contributed by atoms with Crippen LogP contribution in [0.15, 0.2) is 24.8 Å². The lowest BCUT2D eigenvalue weighted by Crippen LogP contribution is -1.97. The SMILES string of the molecule is C=[C]c1cccc(C(C)C)c1C1CC1. The molecule has 0 spiro atoms. The van der Waals surface area contributed by atoms with E-state index in [1.54, 1.807) is 0 Å². The zero-order valence-corrected chi connectivity index (χ0v) is 9.01. The van der Waals surface area contributed by atoms with Gasteiger partial charge in [-0.15, -0.1) is 0 Å². The molecule has 0 aromatic heterocycles. The lowest BCUT2D eigenvalue weighted by molar-refractivity contribution is 0.839. The van der Waals surface area contributed by atoms with Gasteiger partial charge in [0.25, 0.3) is 0 Å². The summed E-state index contributed by atoms with van der Waals surface area (Å²) in [6.07, 6.45) is 5.75. The average molecular weight is 185 g/mol. The van der Waals surface area contributed by atoms with Crippen molar-refractivity contribution >= 4 is 0 Å². The fourth-order valence-electron chi connectivity index (χ4n) is 2.07. The predicted molar refractivity (Wildman–Crippen MR) is 60.5 cm³/mol. The minimum atomic E-state index is 0.610. The maximum absolute atomic E-state index is 3.78. The smallest absolute Gasteiger partial charge is 0.0146 e. The van der Waals surface area contributed by atoms with E-state index in [0.29, 0.717) is 5.92 Å². The Morgan fingerprint density at radius 1 is 1.36 bits per heavy atom. The van der Waals surface area contributed by atoms with E-state index in [2.05, 4.69) is 44.7 Å². The highest BCUT2D eigenvalue weighted by atomic mass is 14.3. The molecule has 14 heavy (non-hydrogen) atoms. The molecular weight excluding hydrogens is 168 g/mol. The zero-order chi connectivity index (χ0) is 10.1. The molecule has 0 N–H and O–H groups in total. The Hall–Kier alpha value is -1.04. The molecule has 0 saturated heterocycles. The summed E-state index contributed by atoms with van der Waals surface area (Å²) < 4.78 is 0. The summed E-state index contributed by atoms with van der Waals surface area (Å²) in [5.41, 5.74) is 4.22. The normalized spacial score (nSPS) is 15.9. The molecule has 0 heterocycles. The zero-order valence-electron chi connectivity index (χ0n) is 9.01. The first-order valence-corrected chi connectivity index (χ1v) is 5.40. The largest absolute Gasteiger partial charge is 0.0905 e. The van der Waals surface area contributed by atoms with Crippen molar-refractivity contribution in [2.75, 3.05) is 0 Å². The summed E-state index contributed by atoms with van der Waals surface area (Å²) in [7, 11) is 0. The summed E-state index contributed by atoms with van der Waals surface area (Å²) in [5.74, 6) is 1.40. The summed E-state index contributed by atoms with van der Waals surface area (Å²) in [6.45, 7) is 8.29. The van der Waals surface area contributed by atoms with E-state index in [0.717, 1.165) is 5.92 Å². The Labute approximate surface area is 86.7 Å². The minimum absolute atomic E-state index is 0.610. The molecule has 0 aliphatic heterocycles. The van der Waals surface area contributed by atoms with Gasteiger partial charge in [-0.3, -0.25) is 0 Å². The van der Waals surface area contributed by atoms with Gasteiger partial charge in [-0.25, -0.2) is 0 Å². The molecule has 1 saturated carbocycles. The average Bonchev–Trinajstić information content (AvgIpc) is 2.99. The van der Waals surface area contributed by atoms with E-state index >= 15 is 0 Å². The Morgan fingerprint density at radius 2 is 2.07 bits per heavy atom. The number of hydrogen-bond acceptors (Lipinski definition) is 0. The van der Waals surface area contributed by atoms with E-state index < -0.39 is 0 Å². The van der Waals surface area contributed by atoms with Crippen LogP contribution in [0.5, 0.6) is 0 Å². The molecule has 0 unspecified atom stereocenters. The van der Waals surface area contributed by atoms with Crippen LogP contribution in [0, 0.1) is 6.08 Å². The molecule has 73 valence electrons. The third-order valence-electron chi connectivity index (χ3n) is 2.94. The van der Waals surface area contributed by atoms with Gasteiger partial charge >= 0.3 is 0 Å². The van der Waals surface area contributed by atoms with Gasteiger partial charge in [0.1, 0.15) is 0 Å². The first-order valence-electron chi connectivity index (χ1n) is 5.40. The summed E-state index contributed by atoms with van der Waals surface area (Å²) in [5, 5.41) is 0. The Bertz CT molecular complexity index is 343. The molecule has 0 heteroatoms. The van der Waals surface area contributed by atoms with Gasteiger partial charge in [-0.2, -0.15) is 0 Å². The molecule has 0 amide bonds. The molecule has 0 atom stereocenters. The lowest BCUT2D eigenvalue weighted by atomic mass is 9.90. The van der Waals surface area contributed by atoms with E-state index in [9.17, 15) is 0 Å². The van der Waals surface area contributed by atoms with Crippen molar-refractivity contribution in [2.24, 2.45) is 0 Å². The standard InChI is InChI=1S/C14H17/c1-4-11-6-5-7-13(10(2)3)14(11)12-8-9-12/h5-7,10,12H,1,8-9H2,2-3H3. The topological polar surface area (TPSA) is 0 Å². The van der Waals surface area contributed by atoms with Gasteiger partial charge in [-0.05, 0) is 47.4 Å². The van der Waals surface area contributed by atoms with Gasteiger partial charge in [0.05, 0.1) is 0 Å². The second-order valence-corrected chi connectivity index (χ2v) is 4.41. The third-order valence-corrected chi connectivity index (χ3v) is 2.94. The molecule has 1 fully saturated rings. The van der Waals surface area contributed by atoms with Crippen molar-refractivity contribution in [3.8, 4) is 0 Å². The van der Waals surface area contributed by atoms with Crippen LogP contribution in [-0.4, -0.2) is 0 Å². The summed E-state index contributed by atoms with van der Waals surface area (Å²) >= 11 is 0. The Balaban J connectivity index is 2.52. The van der Waals surface area contributed by atoms with Crippen LogP contribution in [0.1, 0.15) is 55.2 Å². The van der Waals surface area contributed by atoms with Crippen molar-refractivity contribution in [1.82, 2.24) is 0 Å². The predicted octanol–water partition coefficient (Wildman–Crippen LogP) is 4.02. The Morgan fingerprint density at radius 3 is 2.57 bits per heavy atom. The molecule has 1 aliphatic rings. The quantitative estimate of drug-likeness (QED) is 0.667. The fraction of sp³-hybridized carbons (Fsp3) is 0.429. The highest BCUT2D eigenvalue weighted by Crippen LogP contribution is 2.44. The fourth-order valence-corrected chi connectivity index (χ4v) is 2.07. The third kappa shape index (κ3) is 1.61. The van der Waals surface area contributed by atoms with Crippen molar-refractivity contribution in [2.45, 2.75) is 38.5 Å². The van der Waals surface area contributed by atoms with E-state index in [1.165, 1.54) is 29.5 Å². The second-order valence-electron chi connectivity index (χ2n) is 4.41. The first-order chi connectivity index (χ1) is 6.74. The van der Waals surface area contributed by atoms with Crippen LogP contribution < -0.4 is 0 Å². The van der Waals surface area contributed by atoms with Crippen LogP contribution in [0.3, 0.4) is 0 Å². The molecule has 0 nitrogen and oxygen atoms in total. The monoisotopic (exact) mass is 185 g/mol. The Kier molecular flexibility index (Phi) is 2.45. The van der Waals surface area contributed by atoms with Crippen molar-refractivity contribution in [3.05, 3.63) is 47.5 Å². The van der Waals surface area contributed by atoms with E-state index in [1.807, 2.05) is 0 Å². The maximum atomic E-state index is 3.78. The summed E-state index contributed by atoms with van der Waals surface area (Å²) in [6, 6.07) is 6.50. The van der Waals surface area contributed by atoms with E-state index in [-0.39, 0.29) is 0 Å². The molecular formula is C14H17. The highest BCUT2D eigenvalue weighted by molar-refractivity contribution is 5.44. The molecule has 2 rings (SSSR count). The van der Waals surface area contributed by atoms with Gasteiger partial charge < -0.3 is 0 Å². The molecule has 1 aliphatic carbocycles. The number of benzene rings is 1. The van der Waals surface area contributed by atoms with Gasteiger partial charge in [0.15, 0.2) is 0 Å². The minimum Gasteiger partial charge on any atom is -0.0905 e. The van der Waals surface area contributed by atoms with Crippen molar-refractivity contribution < 1.29 is 0 Å². The van der Waals surface area contributed by atoms with Gasteiger partial charge in [-0.1, -0.05) is 38.6 Å². The second kappa shape index (κ2) is 3.61. The van der Waals surface area contributed by atoms with Gasteiger partial charge in [0, 0.05) is 0 Å². The highest BCUT2D eigenvalue weighted by Gasteiger charge is 2.28. The molecule has 1 aromatic carbocycles. The number of rotatable bonds is 3. The van der Waals surface area contributed by atoms with Crippen LogP contribution in [0.2, 0.25) is 0 Å². The summed E-state index contributed by atoms with van der Waals surface area (Å²) in [4.78, 5) is 0. The van der Waals surface area contributed by atoms with Crippen LogP contribution in [0.25, 0.3) is 0 Å². The molecule has 1 radical (unpaired) electrons. The van der Waals surface area contributed by atoms with Crippen LogP contribution >= 0.6 is 0 Å². The maximum Gasteiger partial charge on any atom is -0.0146 e. The van der Waals surface area contributed by atoms with E-state index in [4.69, 9.17) is 0 Å². The van der Waals surface area contributed by atoms with Crippen molar-refractivity contribution in [1.29, 1.82) is 0 Å². The number of hydrogen-bond donors (Lipinski definition) is 0. The molecule has 1 aromatic rings. The lowest BCUT2D eigenvalue weighted by Gasteiger charge is -2.14. The van der Waals surface area contributed by atoms with Gasteiger partial charge in [0.2, 0.25) is 0 Å². The van der Waals surface area contributed by atoms with Crippen LogP contribution in [-0.2, 0) is 0 Å². The first kappa shape index (κ1) is 9.51. The van der Waals surface area contributed by atoms with Crippen molar-refractivity contribution in [3.63, 3.8) is 0 Å².